The van der Waals surface area contributed by atoms with Crippen molar-refractivity contribution in [2.45, 2.75) is 92.4 Å². The quantitative estimate of drug-likeness (QED) is 0.509. The van der Waals surface area contributed by atoms with Crippen LogP contribution in [0.2, 0.25) is 0 Å². The fourth-order valence-electron chi connectivity index (χ4n) is 3.63. The van der Waals surface area contributed by atoms with Crippen LogP contribution < -0.4 is 0 Å². The number of piperidine rings is 1. The molecule has 0 N–H and O–H groups in total. The van der Waals surface area contributed by atoms with Crippen LogP contribution in [-0.2, 0) is 0 Å². The number of hydrogen-bond acceptors (Lipinski definition) is 1. The molecule has 0 aliphatic carbocycles. The van der Waals surface area contributed by atoms with E-state index >= 15 is 0 Å². The van der Waals surface area contributed by atoms with Crippen LogP contribution in [0.4, 0.5) is 0 Å². The van der Waals surface area contributed by atoms with Crippen LogP contribution in [0.5, 0.6) is 0 Å². The smallest absolute Gasteiger partial charge is 0.00327 e. The lowest BCUT2D eigenvalue weighted by Crippen LogP contribution is -2.37. The van der Waals surface area contributed by atoms with Gasteiger partial charge in [0.25, 0.3) is 0 Å². The van der Waals surface area contributed by atoms with Crippen molar-refractivity contribution in [3.63, 3.8) is 0 Å². The third-order valence-electron chi connectivity index (χ3n) is 5.01. The Labute approximate surface area is 128 Å². The first kappa shape index (κ1) is 18.0. The molecule has 0 bridgehead atoms. The van der Waals surface area contributed by atoms with E-state index in [9.17, 15) is 0 Å². The van der Waals surface area contributed by atoms with Crippen LogP contribution in [0.25, 0.3) is 0 Å². The van der Waals surface area contributed by atoms with Gasteiger partial charge >= 0.3 is 0 Å². The summed E-state index contributed by atoms with van der Waals surface area (Å²) in [4.78, 5) is 2.70. The van der Waals surface area contributed by atoms with Gasteiger partial charge in [0.05, 0.1) is 0 Å². The second-order valence-corrected chi connectivity index (χ2v) is 8.62. The fourth-order valence-corrected chi connectivity index (χ4v) is 3.63. The van der Waals surface area contributed by atoms with Gasteiger partial charge in [-0.15, -0.1) is 0 Å². The van der Waals surface area contributed by atoms with Gasteiger partial charge in [0.15, 0.2) is 0 Å². The topological polar surface area (TPSA) is 3.24 Å². The normalized spacial score (nSPS) is 18.4. The molecule has 0 radical (unpaired) electrons. The Morgan fingerprint density at radius 2 is 1.30 bits per heavy atom. The summed E-state index contributed by atoms with van der Waals surface area (Å²) in [5.74, 6) is 0. The zero-order valence-corrected chi connectivity index (χ0v) is 14.9. The Kier molecular flexibility index (Phi) is 7.58. The van der Waals surface area contributed by atoms with Crippen molar-refractivity contribution >= 4 is 0 Å². The van der Waals surface area contributed by atoms with Gasteiger partial charge in [0.2, 0.25) is 0 Å². The third-order valence-corrected chi connectivity index (χ3v) is 5.01. The molecule has 20 heavy (non-hydrogen) atoms. The number of hydrogen-bond donors (Lipinski definition) is 0. The lowest BCUT2D eigenvalue weighted by atomic mass is 9.78. The fraction of sp³-hybridized carbons (Fsp3) is 1.00. The molecular formula is C19H39N. The van der Waals surface area contributed by atoms with E-state index in [0.717, 1.165) is 0 Å². The van der Waals surface area contributed by atoms with Crippen LogP contribution in [0, 0.1) is 10.8 Å². The van der Waals surface area contributed by atoms with Gasteiger partial charge in [-0.25, -0.2) is 0 Å². The molecule has 1 aliphatic rings. The lowest BCUT2D eigenvalue weighted by molar-refractivity contribution is 0.138. The summed E-state index contributed by atoms with van der Waals surface area (Å²) in [6, 6.07) is 0. The predicted molar refractivity (Wildman–Crippen MR) is 91.2 cm³/mol. The number of rotatable bonds is 9. The van der Waals surface area contributed by atoms with Crippen LogP contribution >= 0.6 is 0 Å². The molecule has 1 nitrogen and oxygen atoms in total. The molecule has 0 aromatic heterocycles. The zero-order chi connectivity index (χ0) is 15.1. The summed E-state index contributed by atoms with van der Waals surface area (Å²) >= 11 is 0. The van der Waals surface area contributed by atoms with E-state index in [2.05, 4.69) is 39.5 Å². The molecule has 1 heterocycles. The Morgan fingerprint density at radius 3 is 1.90 bits per heavy atom. The molecular weight excluding hydrogens is 242 g/mol. The lowest BCUT2D eigenvalue weighted by Gasteiger charge is -2.35. The number of likely N-dealkylation sites (tertiary alicyclic amines) is 1. The maximum Gasteiger partial charge on any atom is 0.00327 e. The molecule has 1 saturated heterocycles. The summed E-state index contributed by atoms with van der Waals surface area (Å²) in [6.45, 7) is 16.2. The second kappa shape index (κ2) is 8.41. The maximum atomic E-state index is 2.70. The van der Waals surface area contributed by atoms with E-state index < -0.39 is 0 Å². The standard InChI is InChI=1S/C19H39N/c1-6-7-12-18(2,3)13-11-14-19(4,5)17-20-15-9-8-10-16-20/h6-17H2,1-5H3. The largest absolute Gasteiger partial charge is 0.303 e. The van der Waals surface area contributed by atoms with Gasteiger partial charge in [-0.1, -0.05) is 60.3 Å². The molecule has 1 fully saturated rings. The van der Waals surface area contributed by atoms with E-state index in [1.807, 2.05) is 0 Å². The van der Waals surface area contributed by atoms with Crippen molar-refractivity contribution in [2.24, 2.45) is 10.8 Å². The van der Waals surface area contributed by atoms with Crippen molar-refractivity contribution in [3.8, 4) is 0 Å². The maximum absolute atomic E-state index is 2.70. The molecule has 1 heteroatoms. The number of unbranched alkanes of at least 4 members (excludes halogenated alkanes) is 1. The molecule has 0 amide bonds. The predicted octanol–water partition coefficient (Wildman–Crippen LogP) is 5.89. The first-order chi connectivity index (χ1) is 9.35. The van der Waals surface area contributed by atoms with Gasteiger partial charge in [-0.2, -0.15) is 0 Å². The number of nitrogens with zero attached hydrogens (tertiary/aromatic N) is 1. The monoisotopic (exact) mass is 281 g/mol. The van der Waals surface area contributed by atoms with Crippen molar-refractivity contribution in [1.29, 1.82) is 0 Å². The highest BCUT2D eigenvalue weighted by molar-refractivity contribution is 4.78. The van der Waals surface area contributed by atoms with Gasteiger partial charge in [0.1, 0.15) is 0 Å². The molecule has 0 atom stereocenters. The van der Waals surface area contributed by atoms with Gasteiger partial charge in [-0.3, -0.25) is 0 Å². The zero-order valence-electron chi connectivity index (χ0n) is 14.9. The minimum absolute atomic E-state index is 0.498. The summed E-state index contributed by atoms with van der Waals surface area (Å²) in [6.07, 6.45) is 12.6. The van der Waals surface area contributed by atoms with Crippen LogP contribution in [0.3, 0.4) is 0 Å². The van der Waals surface area contributed by atoms with Crippen molar-refractivity contribution in [3.05, 3.63) is 0 Å². The average molecular weight is 282 g/mol. The first-order valence-electron chi connectivity index (χ1n) is 9.07. The SMILES string of the molecule is CCCCC(C)(C)CCCC(C)(C)CN1CCCCC1. The van der Waals surface area contributed by atoms with Gasteiger partial charge in [-0.05, 0) is 56.0 Å². The van der Waals surface area contributed by atoms with Gasteiger partial charge < -0.3 is 4.90 Å². The minimum Gasteiger partial charge on any atom is -0.303 e. The summed E-state index contributed by atoms with van der Waals surface area (Å²) in [5.41, 5.74) is 1.05. The second-order valence-electron chi connectivity index (χ2n) is 8.62. The first-order valence-corrected chi connectivity index (χ1v) is 9.07. The third kappa shape index (κ3) is 7.67. The Balaban J connectivity index is 2.24. The molecule has 120 valence electrons. The van der Waals surface area contributed by atoms with Crippen LogP contribution in [0.1, 0.15) is 92.4 Å². The van der Waals surface area contributed by atoms with Crippen molar-refractivity contribution in [2.75, 3.05) is 19.6 Å². The minimum atomic E-state index is 0.498. The van der Waals surface area contributed by atoms with E-state index in [1.54, 1.807) is 0 Å². The Bertz CT molecular complexity index is 248. The molecule has 1 aliphatic heterocycles. The van der Waals surface area contributed by atoms with Gasteiger partial charge in [0, 0.05) is 6.54 Å². The van der Waals surface area contributed by atoms with E-state index in [0.29, 0.717) is 10.8 Å². The molecule has 0 spiro atoms. The highest BCUT2D eigenvalue weighted by Gasteiger charge is 2.24. The molecule has 1 rings (SSSR count). The Morgan fingerprint density at radius 1 is 0.750 bits per heavy atom. The van der Waals surface area contributed by atoms with E-state index in [1.165, 1.54) is 77.4 Å². The molecule has 0 aromatic carbocycles. The summed E-state index contributed by atoms with van der Waals surface area (Å²) in [5, 5.41) is 0. The summed E-state index contributed by atoms with van der Waals surface area (Å²) in [7, 11) is 0. The molecule has 0 saturated carbocycles. The van der Waals surface area contributed by atoms with E-state index in [-0.39, 0.29) is 0 Å². The Hall–Kier alpha value is -0.0400. The molecule has 0 aromatic rings. The van der Waals surface area contributed by atoms with Crippen molar-refractivity contribution in [1.82, 2.24) is 4.90 Å². The highest BCUT2D eigenvalue weighted by Crippen LogP contribution is 2.33. The highest BCUT2D eigenvalue weighted by atomic mass is 15.1. The van der Waals surface area contributed by atoms with Crippen molar-refractivity contribution < 1.29 is 0 Å². The molecule has 0 unspecified atom stereocenters. The average Bonchev–Trinajstić information content (AvgIpc) is 2.36. The van der Waals surface area contributed by atoms with Crippen LogP contribution in [0.15, 0.2) is 0 Å². The van der Waals surface area contributed by atoms with Crippen LogP contribution in [-0.4, -0.2) is 24.5 Å². The summed E-state index contributed by atoms with van der Waals surface area (Å²) < 4.78 is 0. The van der Waals surface area contributed by atoms with E-state index in [4.69, 9.17) is 0 Å².